The predicted octanol–water partition coefficient (Wildman–Crippen LogP) is 6.45. The molecule has 7 nitrogen and oxygen atoms in total. The van der Waals surface area contributed by atoms with Crippen molar-refractivity contribution in [3.8, 4) is 11.5 Å². The SMILES string of the molecule is CC(C)=CCC/C(C)=C/CC1(CC=C(C)C)C(=O)C(C(=O)c2ccc(O)c(O)c2)=C2OC(C)(C)CC3OC23C1=O. The number of rotatable bonds is 9. The number of epoxide rings is 1. The molecule has 7 heteroatoms. The van der Waals surface area contributed by atoms with E-state index in [4.69, 9.17) is 9.47 Å². The van der Waals surface area contributed by atoms with Crippen LogP contribution in [0.5, 0.6) is 11.5 Å². The van der Waals surface area contributed by atoms with Crippen molar-refractivity contribution in [1.82, 2.24) is 0 Å². The zero-order valence-corrected chi connectivity index (χ0v) is 24.5. The van der Waals surface area contributed by atoms with E-state index in [1.54, 1.807) is 0 Å². The molecule has 4 rings (SSSR count). The highest BCUT2D eigenvalue weighted by Gasteiger charge is 2.77. The lowest BCUT2D eigenvalue weighted by Crippen LogP contribution is -2.57. The Morgan fingerprint density at radius 3 is 2.25 bits per heavy atom. The maximum atomic E-state index is 14.6. The largest absolute Gasteiger partial charge is 0.504 e. The van der Waals surface area contributed by atoms with Crippen LogP contribution < -0.4 is 0 Å². The van der Waals surface area contributed by atoms with Crippen molar-refractivity contribution in [3.05, 3.63) is 70.0 Å². The van der Waals surface area contributed by atoms with Crippen molar-refractivity contribution in [1.29, 1.82) is 0 Å². The molecule has 3 atom stereocenters. The van der Waals surface area contributed by atoms with E-state index in [9.17, 15) is 24.6 Å². The van der Waals surface area contributed by atoms with Crippen molar-refractivity contribution in [2.24, 2.45) is 5.41 Å². The zero-order valence-electron chi connectivity index (χ0n) is 24.5. The molecular weight excluding hydrogens is 508 g/mol. The highest BCUT2D eigenvalue weighted by Crippen LogP contribution is 2.61. The Bertz CT molecular complexity index is 1380. The minimum absolute atomic E-state index is 0.00406. The van der Waals surface area contributed by atoms with Crippen LogP contribution in [-0.4, -0.2) is 44.9 Å². The van der Waals surface area contributed by atoms with Crippen molar-refractivity contribution in [2.75, 3.05) is 0 Å². The minimum Gasteiger partial charge on any atom is -0.504 e. The summed E-state index contributed by atoms with van der Waals surface area (Å²) in [5.41, 5.74) is -0.807. The predicted molar refractivity (Wildman–Crippen MR) is 152 cm³/mol. The number of hydrogen-bond donors (Lipinski definition) is 2. The number of carbonyl (C=O) groups excluding carboxylic acids is 3. The van der Waals surface area contributed by atoms with Gasteiger partial charge in [0, 0.05) is 12.0 Å². The molecule has 2 heterocycles. The van der Waals surface area contributed by atoms with Crippen LogP contribution in [0.1, 0.15) is 90.9 Å². The van der Waals surface area contributed by atoms with Crippen molar-refractivity contribution in [2.45, 2.75) is 97.9 Å². The molecule has 0 saturated carbocycles. The standard InChI is InChI=1S/C33H40O7/c1-19(2)9-8-10-21(5)14-16-32(15-13-20(3)4)28(37)26(27(36)22-11-12-23(34)24(35)17-22)29-33(30(32)38)25(39-33)18-31(6,7)40-29/h9,11-14,17,25,34-35H,8,10,15-16,18H2,1-7H3/b21-14+. The van der Waals surface area contributed by atoms with Gasteiger partial charge in [0.2, 0.25) is 5.60 Å². The van der Waals surface area contributed by atoms with Crippen LogP contribution in [0.25, 0.3) is 0 Å². The number of phenolic OH excluding ortho intramolecular Hbond substituents is 2. The van der Waals surface area contributed by atoms with Gasteiger partial charge in [0.1, 0.15) is 22.7 Å². The smallest absolute Gasteiger partial charge is 0.211 e. The van der Waals surface area contributed by atoms with Gasteiger partial charge in [0.25, 0.3) is 0 Å². The van der Waals surface area contributed by atoms with Gasteiger partial charge in [-0.25, -0.2) is 0 Å². The zero-order chi connectivity index (χ0) is 29.6. The van der Waals surface area contributed by atoms with E-state index in [1.807, 2.05) is 60.6 Å². The lowest BCUT2D eigenvalue weighted by molar-refractivity contribution is -0.146. The Labute approximate surface area is 236 Å². The van der Waals surface area contributed by atoms with E-state index in [0.29, 0.717) is 6.42 Å². The first-order valence-electron chi connectivity index (χ1n) is 13.8. The molecule has 2 aliphatic heterocycles. The summed E-state index contributed by atoms with van der Waals surface area (Å²) in [6.45, 7) is 13.5. The maximum absolute atomic E-state index is 14.6. The van der Waals surface area contributed by atoms with Gasteiger partial charge in [0.05, 0.1) is 0 Å². The number of phenols is 2. The maximum Gasteiger partial charge on any atom is 0.211 e. The van der Waals surface area contributed by atoms with Crippen LogP contribution in [0.15, 0.2) is 64.5 Å². The summed E-state index contributed by atoms with van der Waals surface area (Å²) in [4.78, 5) is 43.1. The second-order valence-electron chi connectivity index (χ2n) is 12.4. The Morgan fingerprint density at radius 2 is 1.62 bits per heavy atom. The fourth-order valence-corrected chi connectivity index (χ4v) is 5.64. The van der Waals surface area contributed by atoms with Crippen LogP contribution in [-0.2, 0) is 19.1 Å². The van der Waals surface area contributed by atoms with Crippen LogP contribution >= 0.6 is 0 Å². The lowest BCUT2D eigenvalue weighted by atomic mass is 9.60. The number of allylic oxidation sites excluding steroid dienone is 7. The molecule has 3 aliphatic rings. The van der Waals surface area contributed by atoms with E-state index in [2.05, 4.69) is 6.08 Å². The third-order valence-electron chi connectivity index (χ3n) is 7.99. The molecule has 0 bridgehead atoms. The molecule has 0 radical (unpaired) electrons. The number of ether oxygens (including phenoxy) is 2. The number of hydrogen-bond acceptors (Lipinski definition) is 7. The summed E-state index contributed by atoms with van der Waals surface area (Å²) in [5, 5.41) is 19.9. The molecule has 1 spiro atoms. The van der Waals surface area contributed by atoms with Gasteiger partial charge in [0.15, 0.2) is 34.6 Å². The Morgan fingerprint density at radius 1 is 0.975 bits per heavy atom. The molecule has 40 heavy (non-hydrogen) atoms. The summed E-state index contributed by atoms with van der Waals surface area (Å²) in [7, 11) is 0. The third kappa shape index (κ3) is 5.19. The highest BCUT2D eigenvalue weighted by molar-refractivity contribution is 6.35. The molecule has 3 unspecified atom stereocenters. The van der Waals surface area contributed by atoms with Crippen molar-refractivity contribution >= 4 is 17.3 Å². The van der Waals surface area contributed by atoms with E-state index in [-0.39, 0.29) is 41.3 Å². The van der Waals surface area contributed by atoms with Gasteiger partial charge in [-0.2, -0.15) is 0 Å². The lowest BCUT2D eigenvalue weighted by Gasteiger charge is -2.43. The number of benzene rings is 1. The Kier molecular flexibility index (Phi) is 7.76. The molecule has 2 fully saturated rings. The molecule has 2 saturated heterocycles. The Hall–Kier alpha value is -3.45. The second kappa shape index (κ2) is 10.5. The molecule has 0 aromatic heterocycles. The molecule has 2 N–H and O–H groups in total. The molecular formula is C33H40O7. The number of ketones is 3. The molecule has 0 amide bonds. The van der Waals surface area contributed by atoms with Crippen LogP contribution in [0, 0.1) is 5.41 Å². The molecule has 1 aliphatic carbocycles. The summed E-state index contributed by atoms with van der Waals surface area (Å²) in [6.07, 6.45) is 7.77. The summed E-state index contributed by atoms with van der Waals surface area (Å²) in [6, 6.07) is 3.65. The molecule has 214 valence electrons. The first-order chi connectivity index (χ1) is 18.6. The van der Waals surface area contributed by atoms with E-state index >= 15 is 0 Å². The number of aromatic hydroxyl groups is 2. The van der Waals surface area contributed by atoms with Crippen LogP contribution in [0.3, 0.4) is 0 Å². The number of carbonyl (C=O) groups is 3. The first kappa shape index (κ1) is 29.5. The van der Waals surface area contributed by atoms with E-state index < -0.39 is 40.0 Å². The quantitative estimate of drug-likeness (QED) is 0.0910. The Balaban J connectivity index is 1.88. The van der Waals surface area contributed by atoms with Crippen LogP contribution in [0.4, 0.5) is 0 Å². The fourth-order valence-electron chi connectivity index (χ4n) is 5.64. The van der Waals surface area contributed by atoms with Gasteiger partial charge >= 0.3 is 0 Å². The topological polar surface area (TPSA) is 113 Å². The normalized spacial score (nSPS) is 26.9. The van der Waals surface area contributed by atoms with Gasteiger partial charge in [-0.05, 0) is 92.3 Å². The van der Waals surface area contributed by atoms with Gasteiger partial charge in [-0.1, -0.05) is 34.9 Å². The summed E-state index contributed by atoms with van der Waals surface area (Å²) >= 11 is 0. The monoisotopic (exact) mass is 548 g/mol. The van der Waals surface area contributed by atoms with Crippen molar-refractivity contribution < 1.29 is 34.1 Å². The van der Waals surface area contributed by atoms with Crippen molar-refractivity contribution in [3.63, 3.8) is 0 Å². The average Bonchev–Trinajstić information content (AvgIpc) is 3.58. The van der Waals surface area contributed by atoms with Crippen LogP contribution in [0.2, 0.25) is 0 Å². The van der Waals surface area contributed by atoms with E-state index in [0.717, 1.165) is 30.1 Å². The average molecular weight is 549 g/mol. The summed E-state index contributed by atoms with van der Waals surface area (Å²) in [5.74, 6) is -2.55. The fraction of sp³-hybridized carbons (Fsp3) is 0.485. The highest BCUT2D eigenvalue weighted by atomic mass is 16.7. The first-order valence-corrected chi connectivity index (χ1v) is 13.8. The van der Waals surface area contributed by atoms with E-state index in [1.165, 1.54) is 17.7 Å². The molecule has 1 aromatic carbocycles. The summed E-state index contributed by atoms with van der Waals surface area (Å²) < 4.78 is 12.3. The van der Waals surface area contributed by atoms with Gasteiger partial charge in [-0.3, -0.25) is 14.4 Å². The van der Waals surface area contributed by atoms with Gasteiger partial charge in [-0.15, -0.1) is 0 Å². The molecule has 1 aromatic rings. The third-order valence-corrected chi connectivity index (χ3v) is 7.99. The van der Waals surface area contributed by atoms with Gasteiger partial charge < -0.3 is 19.7 Å². The number of Topliss-reactive ketones (excluding diaryl/α,β-unsaturated/α-hetero) is 3. The second-order valence-corrected chi connectivity index (χ2v) is 12.4. The minimum atomic E-state index is -1.55.